The van der Waals surface area contributed by atoms with E-state index in [0.717, 1.165) is 30.8 Å². The van der Waals surface area contributed by atoms with Crippen molar-refractivity contribution in [3.05, 3.63) is 29.8 Å². The van der Waals surface area contributed by atoms with Crippen LogP contribution in [0.15, 0.2) is 29.3 Å². The highest BCUT2D eigenvalue weighted by molar-refractivity contribution is 5.90. The first-order valence-electron chi connectivity index (χ1n) is 8.62. The molecule has 1 amide bonds. The molecule has 23 heavy (non-hydrogen) atoms. The van der Waals surface area contributed by atoms with Crippen molar-refractivity contribution in [2.24, 2.45) is 10.7 Å². The van der Waals surface area contributed by atoms with E-state index in [9.17, 15) is 4.79 Å². The number of rotatable bonds is 5. The van der Waals surface area contributed by atoms with E-state index in [0.29, 0.717) is 18.9 Å². The van der Waals surface area contributed by atoms with Crippen LogP contribution in [0.1, 0.15) is 51.0 Å². The average Bonchev–Trinajstić information content (AvgIpc) is 2.83. The first-order valence-corrected chi connectivity index (χ1v) is 8.62. The molecule has 0 saturated carbocycles. The van der Waals surface area contributed by atoms with E-state index in [1.165, 1.54) is 25.7 Å². The van der Waals surface area contributed by atoms with Gasteiger partial charge in [-0.2, -0.15) is 0 Å². The second-order valence-corrected chi connectivity index (χ2v) is 6.07. The molecule has 0 aromatic heterocycles. The molecule has 1 heterocycles. The SMILES string of the molecule is CCCC(=O)Nc1ccc(CN=C(N)N2CCCCCC2)cc1. The fourth-order valence-corrected chi connectivity index (χ4v) is 2.72. The monoisotopic (exact) mass is 316 g/mol. The van der Waals surface area contributed by atoms with Gasteiger partial charge >= 0.3 is 0 Å². The summed E-state index contributed by atoms with van der Waals surface area (Å²) in [5.41, 5.74) is 8.04. The summed E-state index contributed by atoms with van der Waals surface area (Å²) in [6.07, 6.45) is 6.38. The smallest absolute Gasteiger partial charge is 0.224 e. The summed E-state index contributed by atoms with van der Waals surface area (Å²) in [7, 11) is 0. The highest BCUT2D eigenvalue weighted by Gasteiger charge is 2.10. The molecule has 0 unspecified atom stereocenters. The van der Waals surface area contributed by atoms with Crippen molar-refractivity contribution >= 4 is 17.6 Å². The summed E-state index contributed by atoms with van der Waals surface area (Å²) in [6.45, 7) is 4.59. The van der Waals surface area contributed by atoms with Gasteiger partial charge in [0.05, 0.1) is 6.54 Å². The normalized spacial score (nSPS) is 16.0. The van der Waals surface area contributed by atoms with Gasteiger partial charge in [0, 0.05) is 25.2 Å². The number of aliphatic imine (C=N–C) groups is 1. The van der Waals surface area contributed by atoms with Crippen LogP contribution in [0.2, 0.25) is 0 Å². The van der Waals surface area contributed by atoms with Gasteiger partial charge in [0.1, 0.15) is 0 Å². The second kappa shape index (κ2) is 9.18. The molecule has 126 valence electrons. The predicted octanol–water partition coefficient (Wildman–Crippen LogP) is 3.12. The Morgan fingerprint density at radius 3 is 2.43 bits per heavy atom. The lowest BCUT2D eigenvalue weighted by molar-refractivity contribution is -0.116. The summed E-state index contributed by atoms with van der Waals surface area (Å²) in [4.78, 5) is 18.3. The molecule has 5 heteroatoms. The van der Waals surface area contributed by atoms with E-state index in [2.05, 4.69) is 15.2 Å². The molecule has 0 spiro atoms. The van der Waals surface area contributed by atoms with Gasteiger partial charge in [0.15, 0.2) is 5.96 Å². The van der Waals surface area contributed by atoms with Gasteiger partial charge in [0.2, 0.25) is 5.91 Å². The zero-order valence-electron chi connectivity index (χ0n) is 14.1. The van der Waals surface area contributed by atoms with E-state index in [1.54, 1.807) is 0 Å². The fourth-order valence-electron chi connectivity index (χ4n) is 2.72. The Balaban J connectivity index is 1.87. The minimum Gasteiger partial charge on any atom is -0.370 e. The number of nitrogens with zero attached hydrogens (tertiary/aromatic N) is 2. The third-order valence-corrected chi connectivity index (χ3v) is 4.07. The van der Waals surface area contributed by atoms with Gasteiger partial charge in [-0.1, -0.05) is 31.9 Å². The minimum absolute atomic E-state index is 0.0590. The van der Waals surface area contributed by atoms with Gasteiger partial charge in [-0.25, -0.2) is 4.99 Å². The fraction of sp³-hybridized carbons (Fsp3) is 0.556. The Kier molecular flexibility index (Phi) is 6.91. The lowest BCUT2D eigenvalue weighted by atomic mass is 10.2. The zero-order valence-corrected chi connectivity index (χ0v) is 14.1. The van der Waals surface area contributed by atoms with E-state index >= 15 is 0 Å². The molecule has 1 aliphatic heterocycles. The maximum absolute atomic E-state index is 11.6. The van der Waals surface area contributed by atoms with Crippen LogP contribution in [0, 0.1) is 0 Å². The maximum atomic E-state index is 11.6. The molecule has 0 bridgehead atoms. The highest BCUT2D eigenvalue weighted by atomic mass is 16.1. The van der Waals surface area contributed by atoms with Gasteiger partial charge in [-0.3, -0.25) is 4.79 Å². The van der Waals surface area contributed by atoms with Crippen molar-refractivity contribution in [3.63, 3.8) is 0 Å². The zero-order chi connectivity index (χ0) is 16.5. The number of carbonyl (C=O) groups excluding carboxylic acids is 1. The van der Waals surface area contributed by atoms with Gasteiger partial charge < -0.3 is 16.0 Å². The third-order valence-electron chi connectivity index (χ3n) is 4.07. The predicted molar refractivity (Wildman–Crippen MR) is 95.3 cm³/mol. The van der Waals surface area contributed by atoms with Crippen LogP contribution in [0.25, 0.3) is 0 Å². The van der Waals surface area contributed by atoms with Crippen LogP contribution < -0.4 is 11.1 Å². The molecule has 1 aromatic rings. The van der Waals surface area contributed by atoms with Crippen LogP contribution in [0.5, 0.6) is 0 Å². The van der Waals surface area contributed by atoms with E-state index in [-0.39, 0.29) is 5.91 Å². The Bertz CT molecular complexity index is 516. The average molecular weight is 316 g/mol. The van der Waals surface area contributed by atoms with Crippen LogP contribution in [-0.4, -0.2) is 29.9 Å². The molecule has 1 aromatic carbocycles. The summed E-state index contributed by atoms with van der Waals surface area (Å²) in [5.74, 6) is 0.705. The molecule has 2 rings (SSSR count). The molecule has 0 aliphatic carbocycles. The molecule has 1 aliphatic rings. The van der Waals surface area contributed by atoms with Crippen molar-refractivity contribution in [1.29, 1.82) is 0 Å². The minimum atomic E-state index is 0.0590. The van der Waals surface area contributed by atoms with E-state index in [1.807, 2.05) is 31.2 Å². The number of carbonyl (C=O) groups is 1. The van der Waals surface area contributed by atoms with Crippen LogP contribution in [-0.2, 0) is 11.3 Å². The lowest BCUT2D eigenvalue weighted by Crippen LogP contribution is -2.38. The van der Waals surface area contributed by atoms with Crippen LogP contribution >= 0.6 is 0 Å². The summed E-state index contributed by atoms with van der Waals surface area (Å²) in [6, 6.07) is 7.81. The van der Waals surface area contributed by atoms with Crippen LogP contribution in [0.3, 0.4) is 0 Å². The number of amides is 1. The number of nitrogens with two attached hydrogens (primary N) is 1. The Morgan fingerprint density at radius 2 is 1.83 bits per heavy atom. The quantitative estimate of drug-likeness (QED) is 0.647. The number of likely N-dealkylation sites (tertiary alicyclic amines) is 1. The van der Waals surface area contributed by atoms with Gasteiger partial charge in [-0.15, -0.1) is 0 Å². The number of hydrogen-bond donors (Lipinski definition) is 2. The third kappa shape index (κ3) is 5.93. The molecule has 1 saturated heterocycles. The summed E-state index contributed by atoms with van der Waals surface area (Å²) in [5, 5.41) is 2.89. The highest BCUT2D eigenvalue weighted by Crippen LogP contribution is 2.12. The molecule has 0 radical (unpaired) electrons. The van der Waals surface area contributed by atoms with Crippen LogP contribution in [0.4, 0.5) is 5.69 Å². The molecule has 0 atom stereocenters. The van der Waals surface area contributed by atoms with Crippen molar-refractivity contribution in [3.8, 4) is 0 Å². The summed E-state index contributed by atoms with van der Waals surface area (Å²) < 4.78 is 0. The maximum Gasteiger partial charge on any atom is 0.224 e. The number of benzene rings is 1. The molecule has 1 fully saturated rings. The van der Waals surface area contributed by atoms with Crippen molar-refractivity contribution in [2.75, 3.05) is 18.4 Å². The molecule has 5 nitrogen and oxygen atoms in total. The molecule has 3 N–H and O–H groups in total. The Hall–Kier alpha value is -2.04. The first-order chi connectivity index (χ1) is 11.2. The van der Waals surface area contributed by atoms with Gasteiger partial charge in [0.25, 0.3) is 0 Å². The molecular formula is C18H28N4O. The number of nitrogens with one attached hydrogen (secondary N) is 1. The topological polar surface area (TPSA) is 70.7 Å². The second-order valence-electron chi connectivity index (χ2n) is 6.07. The summed E-state index contributed by atoms with van der Waals surface area (Å²) >= 11 is 0. The Labute approximate surface area is 139 Å². The van der Waals surface area contributed by atoms with Crippen molar-refractivity contribution < 1.29 is 4.79 Å². The lowest BCUT2D eigenvalue weighted by Gasteiger charge is -2.21. The number of hydrogen-bond acceptors (Lipinski definition) is 2. The standard InChI is InChI=1S/C18H28N4O/c1-2-7-17(23)21-16-10-8-15(9-11-16)14-20-18(19)22-12-5-3-4-6-13-22/h8-11H,2-7,12-14H2,1H3,(H2,19,20)(H,21,23). The van der Waals surface area contributed by atoms with Crippen molar-refractivity contribution in [1.82, 2.24) is 4.90 Å². The number of guanidine groups is 1. The molecular weight excluding hydrogens is 288 g/mol. The van der Waals surface area contributed by atoms with Crippen molar-refractivity contribution in [2.45, 2.75) is 52.0 Å². The Morgan fingerprint density at radius 1 is 1.17 bits per heavy atom. The largest absolute Gasteiger partial charge is 0.370 e. The first kappa shape index (κ1) is 17.3. The number of anilines is 1. The van der Waals surface area contributed by atoms with Gasteiger partial charge in [-0.05, 0) is 37.0 Å². The van der Waals surface area contributed by atoms with E-state index in [4.69, 9.17) is 5.73 Å². The van der Waals surface area contributed by atoms with E-state index < -0.39 is 0 Å².